The molecule has 1 amide bonds. The lowest BCUT2D eigenvalue weighted by Crippen LogP contribution is -2.27. The smallest absolute Gasteiger partial charge is 0.262 e. The minimum Gasteiger partial charge on any atom is -0.339 e. The topological polar surface area (TPSA) is 55.2 Å². The number of fused-ring (bicyclic) bond motifs is 1. The number of para-hydroxylation sites is 1. The van der Waals surface area contributed by atoms with E-state index in [-0.39, 0.29) is 17.5 Å². The molecule has 5 rings (SSSR count). The molecule has 0 spiro atoms. The quantitative estimate of drug-likeness (QED) is 0.418. The van der Waals surface area contributed by atoms with E-state index in [1.54, 1.807) is 11.8 Å². The summed E-state index contributed by atoms with van der Waals surface area (Å²) >= 11 is 1.61. The van der Waals surface area contributed by atoms with Gasteiger partial charge in [-0.2, -0.15) is 0 Å². The molecule has 2 heterocycles. The highest BCUT2D eigenvalue weighted by Crippen LogP contribution is 2.33. The zero-order chi connectivity index (χ0) is 21.2. The largest absolute Gasteiger partial charge is 0.339 e. The van der Waals surface area contributed by atoms with Gasteiger partial charge in [0.25, 0.3) is 11.5 Å². The second-order valence-electron chi connectivity index (χ2n) is 8.51. The lowest BCUT2D eigenvalue weighted by molar-refractivity contribution is 0.0793. The average molecular weight is 434 g/mol. The van der Waals surface area contributed by atoms with Gasteiger partial charge >= 0.3 is 0 Å². The van der Waals surface area contributed by atoms with E-state index in [0.717, 1.165) is 66.3 Å². The number of rotatable bonds is 5. The van der Waals surface area contributed by atoms with E-state index < -0.39 is 0 Å². The van der Waals surface area contributed by atoms with Crippen molar-refractivity contribution in [2.45, 2.75) is 55.5 Å². The van der Waals surface area contributed by atoms with E-state index in [2.05, 4.69) is 0 Å². The third kappa shape index (κ3) is 4.13. The van der Waals surface area contributed by atoms with E-state index in [1.165, 1.54) is 12.8 Å². The zero-order valence-corrected chi connectivity index (χ0v) is 18.4. The highest BCUT2D eigenvalue weighted by molar-refractivity contribution is 7.98. The Labute approximate surface area is 186 Å². The standard InChI is InChI=1S/C25H27N3O2S/c29-23(27-15-5-6-16-27)19-13-11-18(12-14-19)17-31-25-26-22-10-4-3-9-21(22)24(30)28(25)20-7-1-2-8-20/h3-4,9-14,20H,1-2,5-8,15-17H2. The Balaban J connectivity index is 1.38. The zero-order valence-electron chi connectivity index (χ0n) is 17.6. The fourth-order valence-corrected chi connectivity index (χ4v) is 5.73. The molecule has 160 valence electrons. The molecule has 5 nitrogen and oxygen atoms in total. The van der Waals surface area contributed by atoms with Crippen molar-refractivity contribution in [3.8, 4) is 0 Å². The van der Waals surface area contributed by atoms with Crippen LogP contribution in [0.25, 0.3) is 10.9 Å². The molecule has 0 unspecified atom stereocenters. The Morgan fingerprint density at radius 1 is 0.968 bits per heavy atom. The van der Waals surface area contributed by atoms with E-state index in [4.69, 9.17) is 4.98 Å². The molecule has 0 N–H and O–H groups in total. The van der Waals surface area contributed by atoms with Crippen LogP contribution in [0.1, 0.15) is 60.5 Å². The van der Waals surface area contributed by atoms with Crippen LogP contribution in [0.2, 0.25) is 0 Å². The van der Waals surface area contributed by atoms with Crippen LogP contribution < -0.4 is 5.56 Å². The summed E-state index contributed by atoms with van der Waals surface area (Å²) in [4.78, 5) is 32.6. The molecular weight excluding hydrogens is 406 g/mol. The Morgan fingerprint density at radius 3 is 2.42 bits per heavy atom. The van der Waals surface area contributed by atoms with Crippen LogP contribution in [0.4, 0.5) is 0 Å². The van der Waals surface area contributed by atoms with Crippen LogP contribution in [0.5, 0.6) is 0 Å². The van der Waals surface area contributed by atoms with Crippen molar-refractivity contribution in [2.75, 3.05) is 13.1 Å². The molecule has 0 radical (unpaired) electrons. The van der Waals surface area contributed by atoms with Crippen LogP contribution in [-0.4, -0.2) is 33.4 Å². The number of nitrogens with zero attached hydrogens (tertiary/aromatic N) is 3. The van der Waals surface area contributed by atoms with Crippen molar-refractivity contribution in [1.82, 2.24) is 14.5 Å². The Bertz CT molecular complexity index is 1140. The van der Waals surface area contributed by atoms with Gasteiger partial charge in [0.2, 0.25) is 0 Å². The fourth-order valence-electron chi connectivity index (χ4n) is 4.71. The minimum atomic E-state index is 0.0755. The van der Waals surface area contributed by atoms with Crippen molar-refractivity contribution in [1.29, 1.82) is 0 Å². The van der Waals surface area contributed by atoms with Gasteiger partial charge in [-0.05, 0) is 55.5 Å². The van der Waals surface area contributed by atoms with Crippen LogP contribution in [0.3, 0.4) is 0 Å². The highest BCUT2D eigenvalue weighted by atomic mass is 32.2. The molecule has 1 aliphatic carbocycles. The molecule has 2 fully saturated rings. The van der Waals surface area contributed by atoms with Gasteiger partial charge in [0.15, 0.2) is 5.16 Å². The summed E-state index contributed by atoms with van der Waals surface area (Å²) < 4.78 is 1.94. The summed E-state index contributed by atoms with van der Waals surface area (Å²) in [6.45, 7) is 1.73. The second kappa shape index (κ2) is 8.87. The maximum absolute atomic E-state index is 13.3. The normalized spacial score (nSPS) is 17.0. The third-order valence-electron chi connectivity index (χ3n) is 6.43. The number of carbonyl (C=O) groups is 1. The van der Waals surface area contributed by atoms with Crippen LogP contribution in [0.15, 0.2) is 58.5 Å². The molecule has 1 saturated carbocycles. The number of likely N-dealkylation sites (tertiary alicyclic amines) is 1. The molecule has 1 saturated heterocycles. The minimum absolute atomic E-state index is 0.0755. The first-order valence-electron chi connectivity index (χ1n) is 11.2. The first-order valence-corrected chi connectivity index (χ1v) is 12.2. The molecule has 6 heteroatoms. The average Bonchev–Trinajstić information content (AvgIpc) is 3.52. The highest BCUT2D eigenvalue weighted by Gasteiger charge is 2.23. The number of carbonyl (C=O) groups excluding carboxylic acids is 1. The summed E-state index contributed by atoms with van der Waals surface area (Å²) in [6, 6.07) is 15.8. The molecule has 0 bridgehead atoms. The van der Waals surface area contributed by atoms with E-state index in [1.807, 2.05) is 58.0 Å². The molecule has 1 aromatic heterocycles. The molecule has 3 aromatic rings. The van der Waals surface area contributed by atoms with Gasteiger partial charge in [0, 0.05) is 30.4 Å². The Kier molecular flexibility index (Phi) is 5.81. The van der Waals surface area contributed by atoms with Crippen molar-refractivity contribution in [3.63, 3.8) is 0 Å². The first kappa shape index (κ1) is 20.3. The lowest BCUT2D eigenvalue weighted by atomic mass is 10.1. The van der Waals surface area contributed by atoms with Gasteiger partial charge in [-0.15, -0.1) is 0 Å². The fraction of sp³-hybridized carbons (Fsp3) is 0.400. The Hall–Kier alpha value is -2.60. The number of aromatic nitrogens is 2. The van der Waals surface area contributed by atoms with Crippen molar-refractivity contribution in [2.24, 2.45) is 0 Å². The molecule has 0 atom stereocenters. The monoisotopic (exact) mass is 433 g/mol. The number of benzene rings is 2. The van der Waals surface area contributed by atoms with E-state index in [0.29, 0.717) is 5.39 Å². The first-order chi connectivity index (χ1) is 15.2. The van der Waals surface area contributed by atoms with Gasteiger partial charge in [-0.3, -0.25) is 14.2 Å². The van der Waals surface area contributed by atoms with Gasteiger partial charge in [0.1, 0.15) is 0 Å². The SMILES string of the molecule is O=C(c1ccc(CSc2nc3ccccc3c(=O)n2C2CCCC2)cc1)N1CCCC1. The van der Waals surface area contributed by atoms with E-state index >= 15 is 0 Å². The van der Waals surface area contributed by atoms with Gasteiger partial charge in [-0.1, -0.05) is 48.9 Å². The molecule has 2 aliphatic rings. The van der Waals surface area contributed by atoms with Gasteiger partial charge in [-0.25, -0.2) is 4.98 Å². The van der Waals surface area contributed by atoms with Gasteiger partial charge in [0.05, 0.1) is 10.9 Å². The Morgan fingerprint density at radius 2 is 1.68 bits per heavy atom. The van der Waals surface area contributed by atoms with Crippen LogP contribution in [-0.2, 0) is 5.75 Å². The molecule has 1 aliphatic heterocycles. The number of thioether (sulfide) groups is 1. The summed E-state index contributed by atoms with van der Waals surface area (Å²) in [6.07, 6.45) is 6.62. The van der Waals surface area contributed by atoms with Crippen molar-refractivity contribution >= 4 is 28.6 Å². The predicted molar refractivity (Wildman–Crippen MR) is 125 cm³/mol. The van der Waals surface area contributed by atoms with Crippen molar-refractivity contribution in [3.05, 3.63) is 70.0 Å². The summed E-state index contributed by atoms with van der Waals surface area (Å²) in [7, 11) is 0. The second-order valence-corrected chi connectivity index (χ2v) is 9.45. The number of hydrogen-bond acceptors (Lipinski definition) is 4. The maximum Gasteiger partial charge on any atom is 0.262 e. The summed E-state index contributed by atoms with van der Waals surface area (Å²) in [5.74, 6) is 0.846. The predicted octanol–water partition coefficient (Wildman–Crippen LogP) is 5.04. The maximum atomic E-state index is 13.3. The van der Waals surface area contributed by atoms with E-state index in [9.17, 15) is 9.59 Å². The lowest BCUT2D eigenvalue weighted by Gasteiger charge is -2.18. The molecule has 31 heavy (non-hydrogen) atoms. The van der Waals surface area contributed by atoms with Crippen molar-refractivity contribution < 1.29 is 4.79 Å². The molecular formula is C25H27N3O2S. The summed E-state index contributed by atoms with van der Waals surface area (Å²) in [5, 5.41) is 1.50. The van der Waals surface area contributed by atoms with Gasteiger partial charge < -0.3 is 4.90 Å². The van der Waals surface area contributed by atoms with Crippen LogP contribution in [0, 0.1) is 0 Å². The number of hydrogen-bond donors (Lipinski definition) is 0. The summed E-state index contributed by atoms with van der Waals surface area (Å²) in [5.41, 5.74) is 2.72. The van der Waals surface area contributed by atoms with Crippen LogP contribution >= 0.6 is 11.8 Å². The molecule has 2 aromatic carbocycles. The number of amides is 1. The third-order valence-corrected chi connectivity index (χ3v) is 7.45.